The van der Waals surface area contributed by atoms with E-state index in [0.29, 0.717) is 11.5 Å². The normalized spacial score (nSPS) is 10.8. The number of nitrogens with zero attached hydrogens (tertiary/aromatic N) is 4. The molecule has 0 saturated heterocycles. The molecule has 0 atom stereocenters. The second-order valence-electron chi connectivity index (χ2n) is 4.68. The lowest BCUT2D eigenvalue weighted by atomic mass is 10.1. The van der Waals surface area contributed by atoms with E-state index in [1.807, 2.05) is 24.3 Å². The Morgan fingerprint density at radius 3 is 2.86 bits per heavy atom. The number of aromatic nitrogens is 4. The van der Waals surface area contributed by atoms with Crippen LogP contribution in [0, 0.1) is 5.82 Å². The van der Waals surface area contributed by atoms with Crippen LogP contribution in [0.2, 0.25) is 0 Å². The van der Waals surface area contributed by atoms with Crippen molar-refractivity contribution >= 4 is 5.69 Å². The van der Waals surface area contributed by atoms with Gasteiger partial charge in [-0.3, -0.25) is 0 Å². The van der Waals surface area contributed by atoms with Crippen LogP contribution >= 0.6 is 0 Å². The van der Waals surface area contributed by atoms with Crippen LogP contribution in [-0.4, -0.2) is 20.2 Å². The smallest absolute Gasteiger partial charge is 0.190 e. The molecular weight excluding hydrogens is 269 g/mol. The van der Waals surface area contributed by atoms with Gasteiger partial charge >= 0.3 is 0 Å². The van der Waals surface area contributed by atoms with Gasteiger partial charge in [-0.25, -0.2) is 4.39 Å². The molecule has 3 aromatic rings. The minimum atomic E-state index is -0.410. The van der Waals surface area contributed by atoms with Gasteiger partial charge in [-0.15, -0.1) is 5.10 Å². The maximum atomic E-state index is 14.0. The number of tetrazole rings is 1. The molecule has 0 aliphatic carbocycles. The Bertz CT molecular complexity index is 781. The van der Waals surface area contributed by atoms with Gasteiger partial charge in [-0.1, -0.05) is 19.1 Å². The Hall–Kier alpha value is -2.76. The lowest BCUT2D eigenvalue weighted by molar-refractivity contribution is 0.629. The molecule has 106 valence electrons. The minimum Gasteiger partial charge on any atom is -0.399 e. The molecule has 2 N–H and O–H groups in total. The molecule has 0 spiro atoms. The number of nitrogens with two attached hydrogens (primary N) is 1. The van der Waals surface area contributed by atoms with Crippen LogP contribution in [-0.2, 0) is 6.42 Å². The van der Waals surface area contributed by atoms with Gasteiger partial charge in [0.2, 0.25) is 0 Å². The molecule has 5 nitrogen and oxygen atoms in total. The van der Waals surface area contributed by atoms with E-state index >= 15 is 0 Å². The molecule has 3 rings (SSSR count). The zero-order valence-electron chi connectivity index (χ0n) is 11.5. The Morgan fingerprint density at radius 1 is 1.19 bits per heavy atom. The van der Waals surface area contributed by atoms with Gasteiger partial charge in [-0.05, 0) is 52.7 Å². The largest absolute Gasteiger partial charge is 0.399 e. The minimum absolute atomic E-state index is 0.280. The topological polar surface area (TPSA) is 69.6 Å². The quantitative estimate of drug-likeness (QED) is 0.750. The van der Waals surface area contributed by atoms with Gasteiger partial charge in [0.15, 0.2) is 5.82 Å². The molecule has 0 amide bonds. The lowest BCUT2D eigenvalue weighted by Crippen LogP contribution is -2.02. The summed E-state index contributed by atoms with van der Waals surface area (Å²) in [5.41, 5.74) is 8.41. The third-order valence-electron chi connectivity index (χ3n) is 3.26. The number of hydrogen-bond donors (Lipinski definition) is 1. The molecule has 0 radical (unpaired) electrons. The first-order chi connectivity index (χ1) is 10.2. The van der Waals surface area contributed by atoms with Crippen molar-refractivity contribution in [2.24, 2.45) is 0 Å². The Balaban J connectivity index is 2.14. The first-order valence-electron chi connectivity index (χ1n) is 6.62. The van der Waals surface area contributed by atoms with Gasteiger partial charge in [0.1, 0.15) is 5.82 Å². The van der Waals surface area contributed by atoms with Crippen molar-refractivity contribution in [3.63, 3.8) is 0 Å². The first kappa shape index (κ1) is 13.2. The molecule has 1 aromatic heterocycles. The summed E-state index contributed by atoms with van der Waals surface area (Å²) >= 11 is 0. The molecule has 2 aromatic carbocycles. The average Bonchev–Trinajstić information content (AvgIpc) is 2.99. The highest BCUT2D eigenvalue weighted by atomic mass is 19.1. The van der Waals surface area contributed by atoms with E-state index < -0.39 is 5.82 Å². The summed E-state index contributed by atoms with van der Waals surface area (Å²) in [5, 5.41) is 11.5. The number of halogens is 1. The number of benzene rings is 2. The van der Waals surface area contributed by atoms with E-state index in [1.165, 1.54) is 22.9 Å². The average molecular weight is 283 g/mol. The van der Waals surface area contributed by atoms with Gasteiger partial charge in [0, 0.05) is 5.69 Å². The van der Waals surface area contributed by atoms with Crippen molar-refractivity contribution in [1.29, 1.82) is 0 Å². The van der Waals surface area contributed by atoms with E-state index in [1.54, 1.807) is 0 Å². The summed E-state index contributed by atoms with van der Waals surface area (Å²) in [6.07, 6.45) is 0.901. The zero-order valence-corrected chi connectivity index (χ0v) is 11.5. The second-order valence-corrected chi connectivity index (χ2v) is 4.68. The van der Waals surface area contributed by atoms with Crippen LogP contribution in [0.5, 0.6) is 0 Å². The van der Waals surface area contributed by atoms with Crippen LogP contribution in [0.15, 0.2) is 42.5 Å². The van der Waals surface area contributed by atoms with Gasteiger partial charge in [0.05, 0.1) is 11.3 Å². The molecule has 0 unspecified atom stereocenters. The monoisotopic (exact) mass is 283 g/mol. The Morgan fingerprint density at radius 2 is 2.05 bits per heavy atom. The third kappa shape index (κ3) is 2.47. The summed E-state index contributed by atoms with van der Waals surface area (Å²) in [6.45, 7) is 2.07. The SMILES string of the molecule is CCc1cccc(-n2nnnc2-c2cc(N)ccc2F)c1. The van der Waals surface area contributed by atoms with Crippen molar-refractivity contribution < 1.29 is 4.39 Å². The summed E-state index contributed by atoms with van der Waals surface area (Å²) in [5.74, 6) is -0.0834. The van der Waals surface area contributed by atoms with Crippen LogP contribution in [0.1, 0.15) is 12.5 Å². The molecule has 1 heterocycles. The van der Waals surface area contributed by atoms with E-state index in [0.717, 1.165) is 17.7 Å². The third-order valence-corrected chi connectivity index (χ3v) is 3.26. The number of hydrogen-bond acceptors (Lipinski definition) is 4. The molecule has 21 heavy (non-hydrogen) atoms. The first-order valence-corrected chi connectivity index (χ1v) is 6.62. The molecule has 0 saturated carbocycles. The van der Waals surface area contributed by atoms with Crippen molar-refractivity contribution in [2.45, 2.75) is 13.3 Å². The number of anilines is 1. The molecule has 0 fully saturated rings. The highest BCUT2D eigenvalue weighted by molar-refractivity contribution is 5.63. The zero-order chi connectivity index (χ0) is 14.8. The van der Waals surface area contributed by atoms with Crippen LogP contribution in [0.3, 0.4) is 0 Å². The predicted octanol–water partition coefficient (Wildman–Crippen LogP) is 2.61. The van der Waals surface area contributed by atoms with Crippen molar-refractivity contribution in [3.8, 4) is 17.1 Å². The lowest BCUT2D eigenvalue weighted by Gasteiger charge is -2.07. The number of aryl methyl sites for hydroxylation is 1. The fourth-order valence-corrected chi connectivity index (χ4v) is 2.15. The van der Waals surface area contributed by atoms with Crippen molar-refractivity contribution in [3.05, 3.63) is 53.8 Å². The molecule has 0 bridgehead atoms. The summed E-state index contributed by atoms with van der Waals surface area (Å²) in [6, 6.07) is 12.1. The van der Waals surface area contributed by atoms with Gasteiger partial charge in [-0.2, -0.15) is 4.68 Å². The van der Waals surface area contributed by atoms with Crippen molar-refractivity contribution in [1.82, 2.24) is 20.2 Å². The van der Waals surface area contributed by atoms with E-state index in [-0.39, 0.29) is 5.56 Å². The fourth-order valence-electron chi connectivity index (χ4n) is 2.15. The highest BCUT2D eigenvalue weighted by Gasteiger charge is 2.15. The molecule has 6 heteroatoms. The molecule has 0 aliphatic rings. The molecule has 0 aliphatic heterocycles. The predicted molar refractivity (Wildman–Crippen MR) is 78.3 cm³/mol. The van der Waals surface area contributed by atoms with Crippen LogP contribution in [0.4, 0.5) is 10.1 Å². The van der Waals surface area contributed by atoms with Gasteiger partial charge in [0.25, 0.3) is 0 Å². The standard InChI is InChI=1S/C15H14FN5/c1-2-10-4-3-5-12(8-10)21-15(18-19-20-21)13-9-11(17)6-7-14(13)16/h3-9H,2,17H2,1H3. The second kappa shape index (κ2) is 5.32. The van der Waals surface area contributed by atoms with E-state index in [9.17, 15) is 4.39 Å². The van der Waals surface area contributed by atoms with E-state index in [4.69, 9.17) is 5.73 Å². The summed E-state index contributed by atoms with van der Waals surface area (Å²) < 4.78 is 15.5. The maximum Gasteiger partial charge on any atom is 0.190 e. The number of nitrogen functional groups attached to an aromatic ring is 1. The summed E-state index contributed by atoms with van der Waals surface area (Å²) in [7, 11) is 0. The Labute approximate surface area is 121 Å². The van der Waals surface area contributed by atoms with Gasteiger partial charge < -0.3 is 5.73 Å². The van der Waals surface area contributed by atoms with E-state index in [2.05, 4.69) is 22.4 Å². The summed E-state index contributed by atoms with van der Waals surface area (Å²) in [4.78, 5) is 0. The van der Waals surface area contributed by atoms with Crippen molar-refractivity contribution in [2.75, 3.05) is 5.73 Å². The fraction of sp³-hybridized carbons (Fsp3) is 0.133. The van der Waals surface area contributed by atoms with Crippen LogP contribution < -0.4 is 5.73 Å². The molecular formula is C15H14FN5. The van der Waals surface area contributed by atoms with Crippen LogP contribution in [0.25, 0.3) is 17.1 Å². The maximum absolute atomic E-state index is 14.0. The highest BCUT2D eigenvalue weighted by Crippen LogP contribution is 2.24. The number of rotatable bonds is 3. The Kier molecular flexibility index (Phi) is 3.35.